The summed E-state index contributed by atoms with van der Waals surface area (Å²) in [5, 5.41) is 0.380. The van der Waals surface area contributed by atoms with Crippen LogP contribution in [0.2, 0.25) is 5.15 Å². The minimum absolute atomic E-state index is 0.00512. The standard InChI is InChI=1S/C8H10ClNO3S/c1-6-7(3-4-8(9)10-6)5-13-14(2,11)12/h3-4H,5H2,1-2H3. The molecule has 0 amide bonds. The van der Waals surface area contributed by atoms with Crippen molar-refractivity contribution in [2.75, 3.05) is 6.26 Å². The fourth-order valence-electron chi connectivity index (χ4n) is 0.882. The van der Waals surface area contributed by atoms with Gasteiger partial charge in [0.2, 0.25) is 0 Å². The highest BCUT2D eigenvalue weighted by molar-refractivity contribution is 7.85. The van der Waals surface area contributed by atoms with E-state index in [1.54, 1.807) is 19.1 Å². The van der Waals surface area contributed by atoms with Crippen molar-refractivity contribution in [2.24, 2.45) is 0 Å². The number of pyridine rings is 1. The molecule has 0 unspecified atom stereocenters. The summed E-state index contributed by atoms with van der Waals surface area (Å²) < 4.78 is 26.1. The zero-order valence-corrected chi connectivity index (χ0v) is 9.39. The molecule has 0 saturated heterocycles. The van der Waals surface area contributed by atoms with E-state index in [2.05, 4.69) is 9.17 Å². The topological polar surface area (TPSA) is 56.3 Å². The monoisotopic (exact) mass is 235 g/mol. The van der Waals surface area contributed by atoms with Crippen LogP contribution in [0, 0.1) is 6.92 Å². The van der Waals surface area contributed by atoms with Crippen LogP contribution in [0.15, 0.2) is 12.1 Å². The molecule has 0 atom stereocenters. The van der Waals surface area contributed by atoms with Gasteiger partial charge in [-0.15, -0.1) is 0 Å². The van der Waals surface area contributed by atoms with Crippen LogP contribution < -0.4 is 0 Å². The summed E-state index contributed by atoms with van der Waals surface area (Å²) in [6.07, 6.45) is 1.01. The van der Waals surface area contributed by atoms with Crippen LogP contribution >= 0.6 is 11.6 Å². The third-order valence-electron chi connectivity index (χ3n) is 1.59. The van der Waals surface area contributed by atoms with E-state index >= 15 is 0 Å². The molecule has 0 bridgehead atoms. The molecule has 78 valence electrons. The molecule has 6 heteroatoms. The van der Waals surface area contributed by atoms with Crippen molar-refractivity contribution in [1.29, 1.82) is 0 Å². The minimum Gasteiger partial charge on any atom is -0.265 e. The summed E-state index contributed by atoms with van der Waals surface area (Å²) >= 11 is 5.64. The summed E-state index contributed by atoms with van der Waals surface area (Å²) in [5.41, 5.74) is 1.38. The average molecular weight is 236 g/mol. The highest BCUT2D eigenvalue weighted by atomic mass is 35.5. The van der Waals surface area contributed by atoms with E-state index in [-0.39, 0.29) is 6.61 Å². The number of nitrogens with zero attached hydrogens (tertiary/aromatic N) is 1. The number of hydrogen-bond acceptors (Lipinski definition) is 4. The van der Waals surface area contributed by atoms with Gasteiger partial charge in [-0.2, -0.15) is 8.42 Å². The lowest BCUT2D eigenvalue weighted by molar-refractivity contribution is 0.310. The lowest BCUT2D eigenvalue weighted by Gasteiger charge is -2.04. The highest BCUT2D eigenvalue weighted by Gasteiger charge is 2.05. The van der Waals surface area contributed by atoms with Crippen molar-refractivity contribution in [3.05, 3.63) is 28.5 Å². The van der Waals surface area contributed by atoms with E-state index in [0.717, 1.165) is 6.26 Å². The maximum absolute atomic E-state index is 10.7. The van der Waals surface area contributed by atoms with Gasteiger partial charge in [0.15, 0.2) is 0 Å². The number of hydrogen-bond donors (Lipinski definition) is 0. The maximum atomic E-state index is 10.7. The Kier molecular flexibility index (Phi) is 3.47. The van der Waals surface area contributed by atoms with Gasteiger partial charge in [0.1, 0.15) is 5.15 Å². The molecule has 0 fully saturated rings. The third-order valence-corrected chi connectivity index (χ3v) is 2.35. The number of halogens is 1. The Labute approximate surface area is 88.0 Å². The summed E-state index contributed by atoms with van der Waals surface area (Å²) in [6.45, 7) is 1.74. The minimum atomic E-state index is -3.41. The second-order valence-corrected chi connectivity index (χ2v) is 4.88. The molecule has 0 spiro atoms. The summed E-state index contributed by atoms with van der Waals surface area (Å²) in [7, 11) is -3.41. The molecule has 0 aliphatic rings. The van der Waals surface area contributed by atoms with Gasteiger partial charge in [-0.1, -0.05) is 17.7 Å². The Morgan fingerprint density at radius 3 is 2.64 bits per heavy atom. The first-order valence-electron chi connectivity index (χ1n) is 3.85. The number of rotatable bonds is 3. The van der Waals surface area contributed by atoms with Crippen molar-refractivity contribution in [3.8, 4) is 0 Å². The van der Waals surface area contributed by atoms with Crippen LogP contribution in [0.25, 0.3) is 0 Å². The fourth-order valence-corrected chi connectivity index (χ4v) is 1.41. The van der Waals surface area contributed by atoms with Crippen LogP contribution in [0.5, 0.6) is 0 Å². The zero-order chi connectivity index (χ0) is 10.8. The van der Waals surface area contributed by atoms with E-state index in [9.17, 15) is 8.42 Å². The lowest BCUT2D eigenvalue weighted by atomic mass is 10.2. The van der Waals surface area contributed by atoms with Gasteiger partial charge in [0, 0.05) is 11.3 Å². The van der Waals surface area contributed by atoms with Crippen LogP contribution in [0.3, 0.4) is 0 Å². The largest absolute Gasteiger partial charge is 0.265 e. The molecule has 0 aliphatic carbocycles. The van der Waals surface area contributed by atoms with Crippen LogP contribution in [-0.2, 0) is 20.9 Å². The Bertz CT molecular complexity index is 430. The predicted molar refractivity (Wildman–Crippen MR) is 53.6 cm³/mol. The molecule has 1 aromatic heterocycles. The van der Waals surface area contributed by atoms with Crippen molar-refractivity contribution in [3.63, 3.8) is 0 Å². The molecule has 1 rings (SSSR count). The third kappa shape index (κ3) is 3.61. The molecular formula is C8H10ClNO3S. The second-order valence-electron chi connectivity index (χ2n) is 2.84. The Hall–Kier alpha value is -0.650. The van der Waals surface area contributed by atoms with E-state index in [4.69, 9.17) is 11.6 Å². The van der Waals surface area contributed by atoms with E-state index in [1.807, 2.05) is 0 Å². The first-order chi connectivity index (χ1) is 6.38. The van der Waals surface area contributed by atoms with Crippen LogP contribution in [-0.4, -0.2) is 19.7 Å². The van der Waals surface area contributed by atoms with Crippen molar-refractivity contribution >= 4 is 21.7 Å². The lowest BCUT2D eigenvalue weighted by Crippen LogP contribution is -2.04. The normalized spacial score (nSPS) is 11.6. The fraction of sp³-hybridized carbons (Fsp3) is 0.375. The van der Waals surface area contributed by atoms with Crippen LogP contribution in [0.1, 0.15) is 11.3 Å². The second kappa shape index (κ2) is 4.25. The maximum Gasteiger partial charge on any atom is 0.264 e. The van der Waals surface area contributed by atoms with Gasteiger partial charge in [0.25, 0.3) is 10.1 Å². The molecule has 0 aliphatic heterocycles. The molecule has 14 heavy (non-hydrogen) atoms. The first kappa shape index (κ1) is 11.4. The van der Waals surface area contributed by atoms with Gasteiger partial charge in [-0.05, 0) is 13.0 Å². The first-order valence-corrected chi connectivity index (χ1v) is 6.04. The SMILES string of the molecule is Cc1nc(Cl)ccc1COS(C)(=O)=O. The van der Waals surface area contributed by atoms with Crippen molar-refractivity contribution in [1.82, 2.24) is 4.98 Å². The van der Waals surface area contributed by atoms with E-state index < -0.39 is 10.1 Å². The zero-order valence-electron chi connectivity index (χ0n) is 7.82. The van der Waals surface area contributed by atoms with Crippen molar-refractivity contribution in [2.45, 2.75) is 13.5 Å². The molecule has 0 aromatic carbocycles. The Balaban J connectivity index is 2.78. The number of aromatic nitrogens is 1. The van der Waals surface area contributed by atoms with Gasteiger partial charge < -0.3 is 0 Å². The van der Waals surface area contributed by atoms with Crippen LogP contribution in [0.4, 0.5) is 0 Å². The van der Waals surface area contributed by atoms with Gasteiger partial charge in [-0.25, -0.2) is 4.98 Å². The Morgan fingerprint density at radius 1 is 1.50 bits per heavy atom. The van der Waals surface area contributed by atoms with E-state index in [0.29, 0.717) is 16.4 Å². The molecule has 1 heterocycles. The summed E-state index contributed by atoms with van der Waals surface area (Å²) in [5.74, 6) is 0. The smallest absolute Gasteiger partial charge is 0.264 e. The van der Waals surface area contributed by atoms with E-state index in [1.165, 1.54) is 0 Å². The molecule has 0 radical (unpaired) electrons. The molecule has 1 aromatic rings. The van der Waals surface area contributed by atoms with Gasteiger partial charge in [0.05, 0.1) is 12.9 Å². The average Bonchev–Trinajstić information content (AvgIpc) is 2.00. The van der Waals surface area contributed by atoms with Gasteiger partial charge in [-0.3, -0.25) is 4.18 Å². The quantitative estimate of drug-likeness (QED) is 0.589. The summed E-state index contributed by atoms with van der Waals surface area (Å²) in [6, 6.07) is 3.28. The highest BCUT2D eigenvalue weighted by Crippen LogP contribution is 2.12. The molecule has 0 saturated carbocycles. The molecule has 0 N–H and O–H groups in total. The Morgan fingerprint density at radius 2 is 2.14 bits per heavy atom. The predicted octanol–water partition coefficient (Wildman–Crippen LogP) is 1.52. The number of aryl methyl sites for hydroxylation is 1. The molecule has 4 nitrogen and oxygen atoms in total. The molecular weight excluding hydrogens is 226 g/mol. The summed E-state index contributed by atoms with van der Waals surface area (Å²) in [4.78, 5) is 3.96. The van der Waals surface area contributed by atoms with Gasteiger partial charge >= 0.3 is 0 Å². The van der Waals surface area contributed by atoms with Crippen molar-refractivity contribution < 1.29 is 12.6 Å².